The molecule has 0 aliphatic carbocycles. The van der Waals surface area contributed by atoms with Crippen LogP contribution in [-0.4, -0.2) is 9.91 Å². The van der Waals surface area contributed by atoms with Crippen molar-refractivity contribution >= 4 is 28.8 Å². The van der Waals surface area contributed by atoms with Gasteiger partial charge in [-0.1, -0.05) is 23.7 Å². The first kappa shape index (κ1) is 12.3. The van der Waals surface area contributed by atoms with Crippen molar-refractivity contribution < 1.29 is 4.92 Å². The summed E-state index contributed by atoms with van der Waals surface area (Å²) in [6.07, 6.45) is 0. The fourth-order valence-electron chi connectivity index (χ4n) is 1.52. The van der Waals surface area contributed by atoms with Crippen molar-refractivity contribution in [3.63, 3.8) is 0 Å². The van der Waals surface area contributed by atoms with Gasteiger partial charge in [-0.2, -0.15) is 0 Å². The monoisotopic (exact) mass is 263 g/mol. The Bertz CT molecular complexity index is 602. The van der Waals surface area contributed by atoms with Gasteiger partial charge in [-0.15, -0.1) is 0 Å². The predicted octanol–water partition coefficient (Wildman–Crippen LogP) is 3.70. The summed E-state index contributed by atoms with van der Waals surface area (Å²) < 4.78 is 0. The summed E-state index contributed by atoms with van der Waals surface area (Å²) in [5, 5.41) is 13.8. The van der Waals surface area contributed by atoms with Crippen LogP contribution in [0.3, 0.4) is 0 Å². The average Bonchev–Trinajstić information content (AvgIpc) is 2.28. The van der Waals surface area contributed by atoms with Crippen LogP contribution in [0.2, 0.25) is 5.15 Å². The van der Waals surface area contributed by atoms with Crippen molar-refractivity contribution in [2.45, 2.75) is 6.92 Å². The van der Waals surface area contributed by atoms with E-state index < -0.39 is 4.92 Å². The molecule has 2 aromatic rings. The maximum absolute atomic E-state index is 10.7. The van der Waals surface area contributed by atoms with Gasteiger partial charge in [0, 0.05) is 5.69 Å². The van der Waals surface area contributed by atoms with Crippen LogP contribution in [0.25, 0.3) is 0 Å². The summed E-state index contributed by atoms with van der Waals surface area (Å²) in [6.45, 7) is 1.96. The van der Waals surface area contributed by atoms with Gasteiger partial charge in [-0.05, 0) is 24.6 Å². The number of benzene rings is 1. The number of nitrogens with zero attached hydrogens (tertiary/aromatic N) is 2. The third kappa shape index (κ3) is 2.95. The van der Waals surface area contributed by atoms with E-state index in [1.165, 1.54) is 12.1 Å². The minimum atomic E-state index is -0.505. The summed E-state index contributed by atoms with van der Waals surface area (Å²) in [6, 6.07) is 10.2. The van der Waals surface area contributed by atoms with E-state index >= 15 is 0 Å². The van der Waals surface area contributed by atoms with Gasteiger partial charge < -0.3 is 5.32 Å². The van der Waals surface area contributed by atoms with Crippen LogP contribution < -0.4 is 5.32 Å². The highest BCUT2D eigenvalue weighted by Gasteiger charge is 2.10. The summed E-state index contributed by atoms with van der Waals surface area (Å²) >= 11 is 5.74. The van der Waals surface area contributed by atoms with E-state index in [4.69, 9.17) is 11.6 Å². The first-order valence-electron chi connectivity index (χ1n) is 5.20. The molecule has 18 heavy (non-hydrogen) atoms. The van der Waals surface area contributed by atoms with Gasteiger partial charge in [0.2, 0.25) is 0 Å². The lowest BCUT2D eigenvalue weighted by molar-refractivity contribution is -0.384. The second-order valence-corrected chi connectivity index (χ2v) is 4.17. The lowest BCUT2D eigenvalue weighted by atomic mass is 10.2. The quantitative estimate of drug-likeness (QED) is 0.521. The van der Waals surface area contributed by atoms with Crippen LogP contribution in [0.5, 0.6) is 0 Å². The zero-order valence-corrected chi connectivity index (χ0v) is 10.3. The molecule has 5 nitrogen and oxygen atoms in total. The first-order chi connectivity index (χ1) is 8.54. The lowest BCUT2D eigenvalue weighted by Crippen LogP contribution is -1.96. The number of anilines is 2. The van der Waals surface area contributed by atoms with Gasteiger partial charge in [0.1, 0.15) is 11.0 Å². The molecule has 0 saturated carbocycles. The molecule has 0 aliphatic rings. The van der Waals surface area contributed by atoms with E-state index in [1.54, 1.807) is 0 Å². The normalized spacial score (nSPS) is 10.1. The SMILES string of the molecule is Cc1cccc(Nc2cc([N+](=O)[O-])cc(Cl)n2)c1. The van der Waals surface area contributed by atoms with Gasteiger partial charge in [-0.25, -0.2) is 4.98 Å². The molecule has 0 bridgehead atoms. The third-order valence-electron chi connectivity index (χ3n) is 2.28. The smallest absolute Gasteiger partial charge is 0.276 e. The van der Waals surface area contributed by atoms with Crippen molar-refractivity contribution in [3.8, 4) is 0 Å². The summed E-state index contributed by atoms with van der Waals surface area (Å²) in [7, 11) is 0. The Labute approximate surface area is 109 Å². The molecule has 6 heteroatoms. The Morgan fingerprint density at radius 3 is 2.78 bits per heavy atom. The van der Waals surface area contributed by atoms with E-state index in [9.17, 15) is 10.1 Å². The summed E-state index contributed by atoms with van der Waals surface area (Å²) in [5.74, 6) is 0.347. The number of aryl methyl sites for hydroxylation is 1. The number of aromatic nitrogens is 1. The molecule has 1 heterocycles. The number of nitrogens with one attached hydrogen (secondary N) is 1. The van der Waals surface area contributed by atoms with Crippen LogP contribution >= 0.6 is 11.6 Å². The number of hydrogen-bond acceptors (Lipinski definition) is 4. The third-order valence-corrected chi connectivity index (χ3v) is 2.47. The second-order valence-electron chi connectivity index (χ2n) is 3.78. The van der Waals surface area contributed by atoms with Crippen LogP contribution in [0.15, 0.2) is 36.4 Å². The first-order valence-corrected chi connectivity index (χ1v) is 5.58. The van der Waals surface area contributed by atoms with Crippen molar-refractivity contribution in [2.75, 3.05) is 5.32 Å². The van der Waals surface area contributed by atoms with Crippen LogP contribution in [0.4, 0.5) is 17.2 Å². The van der Waals surface area contributed by atoms with E-state index in [-0.39, 0.29) is 10.8 Å². The molecule has 0 fully saturated rings. The number of rotatable bonds is 3. The summed E-state index contributed by atoms with van der Waals surface area (Å²) in [5.41, 5.74) is 1.79. The van der Waals surface area contributed by atoms with Gasteiger partial charge in [0.15, 0.2) is 0 Å². The molecule has 1 N–H and O–H groups in total. The van der Waals surface area contributed by atoms with Crippen molar-refractivity contribution in [1.82, 2.24) is 4.98 Å². The van der Waals surface area contributed by atoms with Crippen LogP contribution in [-0.2, 0) is 0 Å². The highest BCUT2D eigenvalue weighted by Crippen LogP contribution is 2.23. The minimum Gasteiger partial charge on any atom is -0.340 e. The minimum absolute atomic E-state index is 0.0827. The highest BCUT2D eigenvalue weighted by atomic mass is 35.5. The van der Waals surface area contributed by atoms with Crippen LogP contribution in [0.1, 0.15) is 5.56 Å². The Hall–Kier alpha value is -2.14. The van der Waals surface area contributed by atoms with Gasteiger partial charge >= 0.3 is 0 Å². The van der Waals surface area contributed by atoms with Crippen molar-refractivity contribution in [3.05, 3.63) is 57.2 Å². The zero-order chi connectivity index (χ0) is 13.1. The lowest BCUT2D eigenvalue weighted by Gasteiger charge is -2.06. The van der Waals surface area contributed by atoms with Crippen molar-refractivity contribution in [2.24, 2.45) is 0 Å². The second kappa shape index (κ2) is 5.01. The van der Waals surface area contributed by atoms with Gasteiger partial charge in [-0.3, -0.25) is 10.1 Å². The molecule has 0 atom stereocenters. The summed E-state index contributed by atoms with van der Waals surface area (Å²) in [4.78, 5) is 14.2. The maximum atomic E-state index is 10.7. The number of hydrogen-bond donors (Lipinski definition) is 1. The van der Waals surface area contributed by atoms with E-state index in [1.807, 2.05) is 31.2 Å². The molecule has 0 saturated heterocycles. The average molecular weight is 264 g/mol. The predicted molar refractivity (Wildman–Crippen MR) is 70.4 cm³/mol. The molecule has 0 spiro atoms. The fraction of sp³-hybridized carbons (Fsp3) is 0.0833. The standard InChI is InChI=1S/C12H10ClN3O2/c1-8-3-2-4-9(5-8)14-12-7-10(16(17)18)6-11(13)15-12/h2-7H,1H3,(H,14,15). The molecule has 92 valence electrons. The molecular weight excluding hydrogens is 254 g/mol. The largest absolute Gasteiger partial charge is 0.340 e. The Morgan fingerprint density at radius 1 is 1.33 bits per heavy atom. The molecule has 0 amide bonds. The molecule has 2 rings (SSSR count). The molecule has 0 aliphatic heterocycles. The Morgan fingerprint density at radius 2 is 2.11 bits per heavy atom. The maximum Gasteiger partial charge on any atom is 0.276 e. The van der Waals surface area contributed by atoms with Gasteiger partial charge in [0.05, 0.1) is 17.1 Å². The van der Waals surface area contributed by atoms with E-state index in [0.29, 0.717) is 5.82 Å². The Balaban J connectivity index is 2.31. The number of halogens is 1. The van der Waals surface area contributed by atoms with Crippen molar-refractivity contribution in [1.29, 1.82) is 0 Å². The topological polar surface area (TPSA) is 68.1 Å². The highest BCUT2D eigenvalue weighted by molar-refractivity contribution is 6.29. The van der Waals surface area contributed by atoms with E-state index in [2.05, 4.69) is 10.3 Å². The zero-order valence-electron chi connectivity index (χ0n) is 9.55. The molecular formula is C12H10ClN3O2. The number of nitro groups is 1. The molecule has 0 unspecified atom stereocenters. The Kier molecular flexibility index (Phi) is 3.43. The number of pyridine rings is 1. The van der Waals surface area contributed by atoms with Gasteiger partial charge in [0.25, 0.3) is 5.69 Å². The van der Waals surface area contributed by atoms with E-state index in [0.717, 1.165) is 11.3 Å². The molecule has 1 aromatic heterocycles. The fourth-order valence-corrected chi connectivity index (χ4v) is 1.73. The molecule has 0 radical (unpaired) electrons. The molecule has 1 aromatic carbocycles. The van der Waals surface area contributed by atoms with Crippen LogP contribution in [0, 0.1) is 17.0 Å².